The second-order valence-electron chi connectivity index (χ2n) is 9.16. The molecule has 0 spiro atoms. The van der Waals surface area contributed by atoms with E-state index in [0.29, 0.717) is 11.4 Å². The minimum Gasteiger partial charge on any atom is -0.598 e. The molecule has 0 aliphatic heterocycles. The predicted molar refractivity (Wildman–Crippen MR) is 112 cm³/mol. The van der Waals surface area contributed by atoms with Crippen molar-refractivity contribution in [2.24, 2.45) is 0 Å². The van der Waals surface area contributed by atoms with Gasteiger partial charge < -0.3 is 9.29 Å². The van der Waals surface area contributed by atoms with Gasteiger partial charge >= 0.3 is 6.18 Å². The summed E-state index contributed by atoms with van der Waals surface area (Å²) in [7, 11) is -1.44. The fourth-order valence-electron chi connectivity index (χ4n) is 2.38. The Kier molecular flexibility index (Phi) is 7.59. The van der Waals surface area contributed by atoms with Crippen LogP contribution in [0.15, 0.2) is 24.5 Å². The first kappa shape index (κ1) is 24.6. The number of aromatic nitrogens is 4. The Hall–Kier alpha value is -1.63. The largest absolute Gasteiger partial charge is 0.598 e. The van der Waals surface area contributed by atoms with Crippen LogP contribution in [0.25, 0.3) is 0 Å². The van der Waals surface area contributed by atoms with E-state index in [4.69, 9.17) is 4.74 Å². The third kappa shape index (κ3) is 7.89. The normalized spacial score (nSPS) is 15.1. The molecule has 0 bridgehead atoms. The molecule has 0 aliphatic carbocycles. The number of alkyl halides is 3. The highest BCUT2D eigenvalue weighted by Crippen LogP contribution is 2.25. The standard InChI is InChI=1S/C18H28F3N5O2SSi/c1-17(2,3)29(27)24-16(15-10-26(25-23-15)12-30(4,5)6)14-8-7-13(9-22-14)28-11-18(19,20)21/h7-10,16,24H,11-12H2,1-6H3. The summed E-state index contributed by atoms with van der Waals surface area (Å²) in [4.78, 5) is 4.22. The third-order valence-corrected chi connectivity index (χ3v) is 6.56. The van der Waals surface area contributed by atoms with Crippen molar-refractivity contribution in [3.63, 3.8) is 0 Å². The summed E-state index contributed by atoms with van der Waals surface area (Å²) >= 11 is -1.44. The minimum absolute atomic E-state index is 0.00541. The number of ether oxygens (including phenoxy) is 1. The van der Waals surface area contributed by atoms with Gasteiger partial charge in [-0.1, -0.05) is 24.9 Å². The second-order valence-corrected chi connectivity index (χ2v) is 16.6. The molecule has 0 saturated heterocycles. The zero-order valence-corrected chi connectivity index (χ0v) is 19.8. The number of nitrogens with zero attached hydrogens (tertiary/aromatic N) is 4. The second kappa shape index (κ2) is 9.24. The van der Waals surface area contributed by atoms with Crippen molar-refractivity contribution < 1.29 is 22.5 Å². The molecule has 2 rings (SSSR count). The van der Waals surface area contributed by atoms with Gasteiger partial charge in [0.05, 0.1) is 26.2 Å². The van der Waals surface area contributed by atoms with Crippen LogP contribution in [0.3, 0.4) is 0 Å². The van der Waals surface area contributed by atoms with Crippen LogP contribution in [-0.4, -0.2) is 50.1 Å². The maximum atomic E-state index is 12.7. The van der Waals surface area contributed by atoms with Crippen LogP contribution < -0.4 is 9.46 Å². The fraction of sp³-hybridized carbons (Fsp3) is 0.611. The van der Waals surface area contributed by atoms with Crippen LogP contribution in [0, 0.1) is 0 Å². The molecular formula is C18H28F3N5O2SSi. The first-order chi connectivity index (χ1) is 13.6. The summed E-state index contributed by atoms with van der Waals surface area (Å²) in [6.45, 7) is 10.7. The van der Waals surface area contributed by atoms with E-state index in [-0.39, 0.29) is 5.75 Å². The number of nitrogens with one attached hydrogen (secondary N) is 1. The molecular weight excluding hydrogens is 435 g/mol. The number of pyridine rings is 1. The zero-order valence-electron chi connectivity index (χ0n) is 17.9. The Morgan fingerprint density at radius 3 is 2.37 bits per heavy atom. The van der Waals surface area contributed by atoms with Crippen LogP contribution in [-0.2, 0) is 17.5 Å². The fourth-order valence-corrected chi connectivity index (χ4v) is 4.31. The van der Waals surface area contributed by atoms with Crippen molar-refractivity contribution in [3.05, 3.63) is 35.9 Å². The minimum atomic E-state index is -4.43. The van der Waals surface area contributed by atoms with Gasteiger partial charge in [-0.15, -0.1) is 9.82 Å². The molecule has 2 atom stereocenters. The molecule has 12 heteroatoms. The molecule has 7 nitrogen and oxygen atoms in total. The van der Waals surface area contributed by atoms with Crippen molar-refractivity contribution in [1.29, 1.82) is 0 Å². The summed E-state index contributed by atoms with van der Waals surface area (Å²) in [6, 6.07) is 2.29. The van der Waals surface area contributed by atoms with E-state index >= 15 is 0 Å². The Morgan fingerprint density at radius 2 is 1.87 bits per heavy atom. The predicted octanol–water partition coefficient (Wildman–Crippen LogP) is 3.63. The van der Waals surface area contributed by atoms with E-state index < -0.39 is 43.0 Å². The summed E-state index contributed by atoms with van der Waals surface area (Å²) in [5.74, 6) is -0.00541. The monoisotopic (exact) mass is 463 g/mol. The van der Waals surface area contributed by atoms with Gasteiger partial charge in [0.2, 0.25) is 0 Å². The van der Waals surface area contributed by atoms with Crippen LogP contribution in [0.5, 0.6) is 5.75 Å². The van der Waals surface area contributed by atoms with Crippen molar-refractivity contribution >= 4 is 19.4 Å². The summed E-state index contributed by atoms with van der Waals surface area (Å²) in [5, 5.41) is 8.40. The number of rotatable bonds is 8. The molecule has 2 heterocycles. The molecule has 0 fully saturated rings. The van der Waals surface area contributed by atoms with E-state index in [2.05, 4.69) is 39.7 Å². The molecule has 0 radical (unpaired) electrons. The van der Waals surface area contributed by atoms with Crippen molar-refractivity contribution in [1.82, 2.24) is 24.7 Å². The van der Waals surface area contributed by atoms with E-state index in [1.807, 2.05) is 20.8 Å². The lowest BCUT2D eigenvalue weighted by molar-refractivity contribution is -0.153. The topological polar surface area (TPSA) is 87.9 Å². The highest BCUT2D eigenvalue weighted by molar-refractivity contribution is 7.90. The highest BCUT2D eigenvalue weighted by atomic mass is 32.2. The Bertz CT molecular complexity index is 819. The van der Waals surface area contributed by atoms with Crippen LogP contribution in [0.2, 0.25) is 19.6 Å². The Balaban J connectivity index is 2.28. The molecule has 0 aromatic carbocycles. The zero-order chi connectivity index (χ0) is 22.7. The summed E-state index contributed by atoms with van der Waals surface area (Å²) in [5.41, 5.74) is 0.981. The average Bonchev–Trinajstić information content (AvgIpc) is 3.03. The highest BCUT2D eigenvalue weighted by Gasteiger charge is 2.33. The third-order valence-electron chi connectivity index (χ3n) is 3.73. The Labute approximate surface area is 178 Å². The van der Waals surface area contributed by atoms with E-state index in [9.17, 15) is 17.7 Å². The molecule has 0 aliphatic rings. The summed E-state index contributed by atoms with van der Waals surface area (Å²) in [6.07, 6.45) is -0.665. The van der Waals surface area contributed by atoms with E-state index in [0.717, 1.165) is 6.17 Å². The van der Waals surface area contributed by atoms with Crippen LogP contribution in [0.4, 0.5) is 13.2 Å². The average molecular weight is 464 g/mol. The van der Waals surface area contributed by atoms with E-state index in [1.54, 1.807) is 10.9 Å². The lowest BCUT2D eigenvalue weighted by Gasteiger charge is -2.27. The lowest BCUT2D eigenvalue weighted by Crippen LogP contribution is -2.42. The molecule has 2 aromatic rings. The van der Waals surface area contributed by atoms with Gasteiger partial charge in [0.25, 0.3) is 0 Å². The molecule has 2 aromatic heterocycles. The van der Waals surface area contributed by atoms with Gasteiger partial charge in [-0.2, -0.15) is 13.2 Å². The van der Waals surface area contributed by atoms with E-state index in [1.165, 1.54) is 18.3 Å². The molecule has 0 amide bonds. The Morgan fingerprint density at radius 1 is 1.20 bits per heavy atom. The van der Waals surface area contributed by atoms with Gasteiger partial charge in [0.15, 0.2) is 6.61 Å². The van der Waals surface area contributed by atoms with Crippen molar-refractivity contribution in [2.45, 2.75) is 63.5 Å². The first-order valence-corrected chi connectivity index (χ1v) is 14.2. The maximum absolute atomic E-state index is 12.7. The molecule has 2 unspecified atom stereocenters. The lowest BCUT2D eigenvalue weighted by atomic mass is 10.1. The number of hydrogen-bond donors (Lipinski definition) is 1. The first-order valence-electron chi connectivity index (χ1n) is 9.38. The molecule has 1 N–H and O–H groups in total. The summed E-state index contributed by atoms with van der Waals surface area (Å²) < 4.78 is 58.7. The van der Waals surface area contributed by atoms with Gasteiger partial charge in [0.1, 0.15) is 22.2 Å². The van der Waals surface area contributed by atoms with Crippen molar-refractivity contribution in [2.75, 3.05) is 6.61 Å². The van der Waals surface area contributed by atoms with Gasteiger partial charge in [0, 0.05) is 17.5 Å². The van der Waals surface area contributed by atoms with Gasteiger partial charge in [-0.05, 0) is 32.9 Å². The molecule has 0 saturated carbocycles. The van der Waals surface area contributed by atoms with Crippen LogP contribution in [0.1, 0.15) is 38.2 Å². The maximum Gasteiger partial charge on any atom is 0.422 e. The smallest absolute Gasteiger partial charge is 0.422 e. The number of hydrogen-bond acceptors (Lipinski definition) is 6. The SMILES string of the molecule is CC(C)(C)[S+]([O-])NC(c1ccc(OCC(F)(F)F)cn1)c1cn(C[Si](C)(C)C)nn1. The molecule has 168 valence electrons. The van der Waals surface area contributed by atoms with Gasteiger partial charge in [-0.3, -0.25) is 9.67 Å². The van der Waals surface area contributed by atoms with Crippen LogP contribution >= 0.6 is 0 Å². The van der Waals surface area contributed by atoms with Crippen molar-refractivity contribution in [3.8, 4) is 5.75 Å². The van der Waals surface area contributed by atoms with Gasteiger partial charge in [-0.25, -0.2) is 0 Å². The molecule has 30 heavy (non-hydrogen) atoms. The number of halogens is 3. The quantitative estimate of drug-likeness (QED) is 0.475.